The number of hydrogen-bond donors (Lipinski definition) is 1. The number of likely N-dealkylation sites (tertiary alicyclic amines) is 1. The Morgan fingerprint density at radius 3 is 2.50 bits per heavy atom. The van der Waals surface area contributed by atoms with Crippen molar-refractivity contribution in [2.24, 2.45) is 0 Å². The molecule has 1 aliphatic rings. The molecule has 14 heavy (non-hydrogen) atoms. The number of nitrogens with zero attached hydrogens (tertiary/aromatic N) is 1. The van der Waals surface area contributed by atoms with Crippen LogP contribution in [0.4, 0.5) is 5.69 Å². The maximum Gasteiger partial charge on any atom is 0.0362 e. The summed E-state index contributed by atoms with van der Waals surface area (Å²) >= 11 is 0. The molecule has 2 heteroatoms. The van der Waals surface area contributed by atoms with E-state index in [9.17, 15) is 0 Å². The van der Waals surface area contributed by atoms with Crippen molar-refractivity contribution in [3.05, 3.63) is 29.8 Å². The average molecular weight is 190 g/mol. The zero-order chi connectivity index (χ0) is 9.97. The van der Waals surface area contributed by atoms with E-state index >= 15 is 0 Å². The molecule has 0 saturated carbocycles. The molecule has 2 nitrogen and oxygen atoms in total. The Morgan fingerprint density at radius 2 is 1.86 bits per heavy atom. The van der Waals surface area contributed by atoms with Gasteiger partial charge in [-0.05, 0) is 44.5 Å². The predicted molar refractivity (Wildman–Crippen MR) is 60.1 cm³/mol. The zero-order valence-corrected chi connectivity index (χ0v) is 8.74. The Bertz CT molecular complexity index is 303. The number of anilines is 1. The molecule has 1 saturated heterocycles. The lowest BCUT2D eigenvalue weighted by Gasteiger charge is -2.25. The summed E-state index contributed by atoms with van der Waals surface area (Å²) in [6, 6.07) is 8.66. The molecule has 0 spiro atoms. The summed E-state index contributed by atoms with van der Waals surface area (Å²) in [5.74, 6) is 0. The minimum atomic E-state index is 0.471. The van der Waals surface area contributed by atoms with Crippen molar-refractivity contribution < 1.29 is 0 Å². The van der Waals surface area contributed by atoms with Crippen LogP contribution in [-0.2, 0) is 0 Å². The van der Waals surface area contributed by atoms with Crippen molar-refractivity contribution in [2.75, 3.05) is 18.8 Å². The van der Waals surface area contributed by atoms with Gasteiger partial charge in [0, 0.05) is 11.7 Å². The van der Waals surface area contributed by atoms with Gasteiger partial charge in [-0.3, -0.25) is 4.90 Å². The largest absolute Gasteiger partial charge is 0.398 e. The number of nitrogens with two attached hydrogens (primary N) is 1. The highest BCUT2D eigenvalue weighted by Crippen LogP contribution is 2.27. The SMILES string of the molecule is CC(c1ccccc1N)N1CCCC1. The molecule has 1 aliphatic heterocycles. The number of rotatable bonds is 2. The van der Waals surface area contributed by atoms with E-state index in [2.05, 4.69) is 24.0 Å². The molecule has 2 rings (SSSR count). The lowest BCUT2D eigenvalue weighted by Crippen LogP contribution is -2.23. The smallest absolute Gasteiger partial charge is 0.0362 e. The number of benzene rings is 1. The van der Waals surface area contributed by atoms with Crippen LogP contribution in [0.25, 0.3) is 0 Å². The second kappa shape index (κ2) is 4.01. The van der Waals surface area contributed by atoms with Gasteiger partial charge in [-0.2, -0.15) is 0 Å². The summed E-state index contributed by atoms with van der Waals surface area (Å²) in [5.41, 5.74) is 8.16. The van der Waals surface area contributed by atoms with Gasteiger partial charge in [0.15, 0.2) is 0 Å². The molecule has 1 atom stereocenters. The van der Waals surface area contributed by atoms with Crippen LogP contribution in [-0.4, -0.2) is 18.0 Å². The van der Waals surface area contributed by atoms with Gasteiger partial charge in [-0.25, -0.2) is 0 Å². The van der Waals surface area contributed by atoms with E-state index in [0.717, 1.165) is 5.69 Å². The van der Waals surface area contributed by atoms with Gasteiger partial charge in [0.1, 0.15) is 0 Å². The van der Waals surface area contributed by atoms with E-state index in [4.69, 9.17) is 5.73 Å². The second-order valence-electron chi connectivity index (χ2n) is 4.05. The monoisotopic (exact) mass is 190 g/mol. The van der Waals surface area contributed by atoms with Crippen LogP contribution in [0.1, 0.15) is 31.4 Å². The predicted octanol–water partition coefficient (Wildman–Crippen LogP) is 2.43. The quantitative estimate of drug-likeness (QED) is 0.726. The fourth-order valence-electron chi connectivity index (χ4n) is 2.22. The fraction of sp³-hybridized carbons (Fsp3) is 0.500. The summed E-state index contributed by atoms with van der Waals surface area (Å²) in [6.45, 7) is 4.68. The average Bonchev–Trinajstić information content (AvgIpc) is 2.70. The Labute approximate surface area is 85.7 Å². The third-order valence-corrected chi connectivity index (χ3v) is 3.13. The first-order chi connectivity index (χ1) is 6.79. The van der Waals surface area contributed by atoms with Crippen molar-refractivity contribution in [1.82, 2.24) is 4.90 Å². The summed E-state index contributed by atoms with van der Waals surface area (Å²) in [5, 5.41) is 0. The Hall–Kier alpha value is -1.02. The maximum absolute atomic E-state index is 5.96. The van der Waals surface area contributed by atoms with Crippen LogP contribution in [0.15, 0.2) is 24.3 Å². The summed E-state index contributed by atoms with van der Waals surface area (Å²) < 4.78 is 0. The van der Waals surface area contributed by atoms with Gasteiger partial charge in [-0.15, -0.1) is 0 Å². The van der Waals surface area contributed by atoms with Crippen LogP contribution in [0.5, 0.6) is 0 Å². The molecule has 1 heterocycles. The lowest BCUT2D eigenvalue weighted by atomic mass is 10.1. The molecule has 1 unspecified atom stereocenters. The van der Waals surface area contributed by atoms with E-state index in [1.54, 1.807) is 0 Å². The molecular weight excluding hydrogens is 172 g/mol. The fourth-order valence-corrected chi connectivity index (χ4v) is 2.22. The first-order valence-corrected chi connectivity index (χ1v) is 5.37. The zero-order valence-electron chi connectivity index (χ0n) is 8.74. The van der Waals surface area contributed by atoms with Crippen LogP contribution in [0, 0.1) is 0 Å². The molecule has 76 valence electrons. The highest BCUT2D eigenvalue weighted by atomic mass is 15.2. The van der Waals surface area contributed by atoms with Gasteiger partial charge >= 0.3 is 0 Å². The standard InChI is InChI=1S/C12H18N2/c1-10(14-8-4-5-9-14)11-6-2-3-7-12(11)13/h2-3,6-7,10H,4-5,8-9,13H2,1H3. The van der Waals surface area contributed by atoms with E-state index in [1.807, 2.05) is 12.1 Å². The van der Waals surface area contributed by atoms with Gasteiger partial charge in [0.05, 0.1) is 0 Å². The van der Waals surface area contributed by atoms with Crippen LogP contribution < -0.4 is 5.73 Å². The molecule has 1 aromatic carbocycles. The maximum atomic E-state index is 5.96. The minimum absolute atomic E-state index is 0.471. The lowest BCUT2D eigenvalue weighted by molar-refractivity contribution is 0.264. The molecular formula is C12H18N2. The molecule has 0 aliphatic carbocycles. The number of hydrogen-bond acceptors (Lipinski definition) is 2. The number of para-hydroxylation sites is 1. The third kappa shape index (κ3) is 1.75. The topological polar surface area (TPSA) is 29.3 Å². The molecule has 1 fully saturated rings. The van der Waals surface area contributed by atoms with E-state index in [0.29, 0.717) is 6.04 Å². The van der Waals surface area contributed by atoms with Gasteiger partial charge in [-0.1, -0.05) is 18.2 Å². The van der Waals surface area contributed by atoms with Crippen LogP contribution in [0.2, 0.25) is 0 Å². The number of nitrogen functional groups attached to an aromatic ring is 1. The first kappa shape index (κ1) is 9.53. The molecule has 0 aromatic heterocycles. The molecule has 0 amide bonds. The van der Waals surface area contributed by atoms with E-state index in [-0.39, 0.29) is 0 Å². The minimum Gasteiger partial charge on any atom is -0.398 e. The van der Waals surface area contributed by atoms with Gasteiger partial charge < -0.3 is 5.73 Å². The van der Waals surface area contributed by atoms with Crippen molar-refractivity contribution in [3.63, 3.8) is 0 Å². The van der Waals surface area contributed by atoms with Crippen molar-refractivity contribution in [3.8, 4) is 0 Å². The molecule has 0 bridgehead atoms. The molecule has 2 N–H and O–H groups in total. The van der Waals surface area contributed by atoms with Crippen molar-refractivity contribution >= 4 is 5.69 Å². The molecule has 1 aromatic rings. The Balaban J connectivity index is 2.17. The summed E-state index contributed by atoms with van der Waals surface area (Å²) in [4.78, 5) is 2.51. The van der Waals surface area contributed by atoms with Crippen LogP contribution in [0.3, 0.4) is 0 Å². The van der Waals surface area contributed by atoms with Crippen LogP contribution >= 0.6 is 0 Å². The summed E-state index contributed by atoms with van der Waals surface area (Å²) in [6.07, 6.45) is 2.66. The van der Waals surface area contributed by atoms with Gasteiger partial charge in [0.25, 0.3) is 0 Å². The van der Waals surface area contributed by atoms with Gasteiger partial charge in [0.2, 0.25) is 0 Å². The molecule has 0 radical (unpaired) electrons. The second-order valence-corrected chi connectivity index (χ2v) is 4.05. The van der Waals surface area contributed by atoms with E-state index in [1.165, 1.54) is 31.5 Å². The Morgan fingerprint density at radius 1 is 1.21 bits per heavy atom. The van der Waals surface area contributed by atoms with Crippen molar-refractivity contribution in [1.29, 1.82) is 0 Å². The highest BCUT2D eigenvalue weighted by molar-refractivity contribution is 5.47. The Kier molecular flexibility index (Phi) is 2.73. The normalized spacial score (nSPS) is 19.8. The third-order valence-electron chi connectivity index (χ3n) is 3.13. The summed E-state index contributed by atoms with van der Waals surface area (Å²) in [7, 11) is 0. The van der Waals surface area contributed by atoms with E-state index < -0.39 is 0 Å². The highest BCUT2D eigenvalue weighted by Gasteiger charge is 2.20. The first-order valence-electron chi connectivity index (χ1n) is 5.37. The van der Waals surface area contributed by atoms with Crippen molar-refractivity contribution in [2.45, 2.75) is 25.8 Å².